The number of aromatic nitrogens is 1. The summed E-state index contributed by atoms with van der Waals surface area (Å²) in [5.74, 6) is 0.132. The number of aryl methyl sites for hydroxylation is 2. The average molecular weight is 339 g/mol. The molecule has 0 radical (unpaired) electrons. The quantitative estimate of drug-likeness (QED) is 0.474. The number of hydrogen-bond acceptors (Lipinski definition) is 4. The molecule has 0 spiro atoms. The van der Waals surface area contributed by atoms with Gasteiger partial charge < -0.3 is 10.1 Å². The average Bonchev–Trinajstić information content (AvgIpc) is 2.62. The molecule has 0 unspecified atom stereocenters. The van der Waals surface area contributed by atoms with Crippen molar-refractivity contribution in [3.63, 3.8) is 0 Å². The number of nitrogens with zero attached hydrogens (tertiary/aromatic N) is 2. The zero-order valence-electron chi connectivity index (χ0n) is 15.3. The molecule has 0 aliphatic rings. The van der Waals surface area contributed by atoms with E-state index in [0.29, 0.717) is 18.0 Å². The Balaban J connectivity index is 2.37. The fourth-order valence-corrected chi connectivity index (χ4v) is 2.69. The van der Waals surface area contributed by atoms with Crippen LogP contribution in [-0.2, 0) is 17.6 Å². The van der Waals surface area contributed by atoms with Gasteiger partial charge in [-0.1, -0.05) is 30.3 Å². The molecule has 1 N–H and O–H groups in total. The first kappa shape index (κ1) is 18.6. The van der Waals surface area contributed by atoms with E-state index in [2.05, 4.69) is 27.4 Å². The van der Waals surface area contributed by atoms with E-state index in [-0.39, 0.29) is 5.97 Å². The Labute approximate surface area is 149 Å². The number of rotatable bonds is 7. The highest BCUT2D eigenvalue weighted by Gasteiger charge is 2.21. The van der Waals surface area contributed by atoms with Crippen molar-refractivity contribution in [3.05, 3.63) is 58.3 Å². The number of esters is 1. The van der Waals surface area contributed by atoms with E-state index in [9.17, 15) is 4.79 Å². The number of hydrogen-bond donors (Lipinski definition) is 1. The van der Waals surface area contributed by atoms with Gasteiger partial charge in [-0.15, -0.1) is 0 Å². The third kappa shape index (κ3) is 4.66. The van der Waals surface area contributed by atoms with E-state index in [0.717, 1.165) is 29.7 Å². The lowest BCUT2D eigenvalue weighted by Crippen LogP contribution is -2.16. The second-order valence-electron chi connectivity index (χ2n) is 5.77. The molecule has 0 aliphatic heterocycles. The van der Waals surface area contributed by atoms with Gasteiger partial charge in [0.05, 0.1) is 12.9 Å². The maximum atomic E-state index is 12.3. The summed E-state index contributed by atoms with van der Waals surface area (Å²) < 4.78 is 5.19. The van der Waals surface area contributed by atoms with Gasteiger partial charge in [0.25, 0.3) is 0 Å². The summed E-state index contributed by atoms with van der Waals surface area (Å²) in [7, 11) is 1.66. The SMILES string of the molecule is CCOC(=O)c1c(NC=NC)nc(CCc2ccccc2)c(C)c1C. The monoisotopic (exact) mass is 339 g/mol. The van der Waals surface area contributed by atoms with Gasteiger partial charge in [0.2, 0.25) is 0 Å². The molecule has 1 aromatic heterocycles. The van der Waals surface area contributed by atoms with Gasteiger partial charge >= 0.3 is 5.97 Å². The number of carbonyl (C=O) groups excluding carboxylic acids is 1. The Morgan fingerprint density at radius 2 is 1.92 bits per heavy atom. The minimum absolute atomic E-state index is 0.328. The second-order valence-corrected chi connectivity index (χ2v) is 5.77. The van der Waals surface area contributed by atoms with Crippen molar-refractivity contribution in [2.45, 2.75) is 33.6 Å². The molecule has 2 aromatic rings. The lowest BCUT2D eigenvalue weighted by Gasteiger charge is -2.16. The van der Waals surface area contributed by atoms with Crippen LogP contribution in [0.15, 0.2) is 35.3 Å². The van der Waals surface area contributed by atoms with Gasteiger partial charge in [-0.25, -0.2) is 9.78 Å². The molecular formula is C20H25N3O2. The molecule has 132 valence electrons. The second kappa shape index (κ2) is 8.97. The molecule has 0 aliphatic carbocycles. The van der Waals surface area contributed by atoms with Crippen molar-refractivity contribution in [2.24, 2.45) is 4.99 Å². The number of pyridine rings is 1. The van der Waals surface area contributed by atoms with Gasteiger partial charge in [-0.05, 0) is 50.3 Å². The Morgan fingerprint density at radius 1 is 1.20 bits per heavy atom. The van der Waals surface area contributed by atoms with Crippen LogP contribution in [-0.4, -0.2) is 30.9 Å². The lowest BCUT2D eigenvalue weighted by molar-refractivity contribution is 0.0526. The first-order valence-corrected chi connectivity index (χ1v) is 8.46. The normalized spacial score (nSPS) is 10.9. The molecule has 0 atom stereocenters. The van der Waals surface area contributed by atoms with Gasteiger partial charge in [-0.3, -0.25) is 4.99 Å². The summed E-state index contributed by atoms with van der Waals surface area (Å²) >= 11 is 0. The summed E-state index contributed by atoms with van der Waals surface area (Å²) in [6.07, 6.45) is 3.23. The Hall–Kier alpha value is -2.69. The van der Waals surface area contributed by atoms with Crippen LogP contribution >= 0.6 is 0 Å². The van der Waals surface area contributed by atoms with Crippen LogP contribution in [0.3, 0.4) is 0 Å². The zero-order chi connectivity index (χ0) is 18.2. The van der Waals surface area contributed by atoms with E-state index in [1.165, 1.54) is 11.9 Å². The Bertz CT molecular complexity index is 755. The summed E-state index contributed by atoms with van der Waals surface area (Å²) in [6, 6.07) is 10.3. The molecule has 25 heavy (non-hydrogen) atoms. The number of benzene rings is 1. The van der Waals surface area contributed by atoms with Crippen molar-refractivity contribution in [2.75, 3.05) is 19.0 Å². The Morgan fingerprint density at radius 3 is 2.56 bits per heavy atom. The minimum atomic E-state index is -0.364. The van der Waals surface area contributed by atoms with E-state index >= 15 is 0 Å². The van der Waals surface area contributed by atoms with Gasteiger partial charge in [0.1, 0.15) is 11.4 Å². The van der Waals surface area contributed by atoms with Gasteiger partial charge in [0, 0.05) is 12.7 Å². The van der Waals surface area contributed by atoms with E-state index < -0.39 is 0 Å². The number of nitrogens with one attached hydrogen (secondary N) is 1. The molecule has 5 heteroatoms. The van der Waals surface area contributed by atoms with E-state index in [1.54, 1.807) is 14.0 Å². The third-order valence-electron chi connectivity index (χ3n) is 4.16. The number of anilines is 1. The topological polar surface area (TPSA) is 63.6 Å². The maximum Gasteiger partial charge on any atom is 0.342 e. The third-order valence-corrected chi connectivity index (χ3v) is 4.16. The molecule has 0 saturated carbocycles. The number of ether oxygens (including phenoxy) is 1. The van der Waals surface area contributed by atoms with Crippen LogP contribution in [0.25, 0.3) is 0 Å². The number of aliphatic imine (C=N–C) groups is 1. The van der Waals surface area contributed by atoms with E-state index in [4.69, 9.17) is 4.74 Å². The molecule has 1 heterocycles. The first-order chi connectivity index (χ1) is 12.1. The molecule has 1 aromatic carbocycles. The van der Waals surface area contributed by atoms with Crippen molar-refractivity contribution >= 4 is 18.1 Å². The van der Waals surface area contributed by atoms with Crippen LogP contribution in [0.4, 0.5) is 5.82 Å². The first-order valence-electron chi connectivity index (χ1n) is 8.46. The molecule has 0 bridgehead atoms. The molecule has 5 nitrogen and oxygen atoms in total. The van der Waals surface area contributed by atoms with Crippen LogP contribution in [0.2, 0.25) is 0 Å². The van der Waals surface area contributed by atoms with Crippen molar-refractivity contribution < 1.29 is 9.53 Å². The van der Waals surface area contributed by atoms with Crippen LogP contribution in [0.1, 0.15) is 39.7 Å². The van der Waals surface area contributed by atoms with E-state index in [1.807, 2.05) is 32.0 Å². The highest BCUT2D eigenvalue weighted by Crippen LogP contribution is 2.25. The zero-order valence-corrected chi connectivity index (χ0v) is 15.3. The van der Waals surface area contributed by atoms with Crippen LogP contribution in [0, 0.1) is 13.8 Å². The Kier molecular flexibility index (Phi) is 6.69. The highest BCUT2D eigenvalue weighted by atomic mass is 16.5. The van der Waals surface area contributed by atoms with Crippen molar-refractivity contribution in [1.29, 1.82) is 0 Å². The molecule has 0 amide bonds. The van der Waals surface area contributed by atoms with Gasteiger partial charge in [-0.2, -0.15) is 0 Å². The molecule has 0 saturated heterocycles. The minimum Gasteiger partial charge on any atom is -0.462 e. The van der Waals surface area contributed by atoms with Crippen LogP contribution in [0.5, 0.6) is 0 Å². The highest BCUT2D eigenvalue weighted by molar-refractivity contribution is 5.98. The molecule has 2 rings (SSSR count). The fourth-order valence-electron chi connectivity index (χ4n) is 2.69. The summed E-state index contributed by atoms with van der Waals surface area (Å²) in [6.45, 7) is 6.06. The smallest absolute Gasteiger partial charge is 0.342 e. The molecular weight excluding hydrogens is 314 g/mol. The summed E-state index contributed by atoms with van der Waals surface area (Å²) in [5.41, 5.74) is 4.63. The van der Waals surface area contributed by atoms with Gasteiger partial charge in [0.15, 0.2) is 0 Å². The fraction of sp³-hybridized carbons (Fsp3) is 0.350. The predicted octanol–water partition coefficient (Wildman–Crippen LogP) is 3.73. The summed E-state index contributed by atoms with van der Waals surface area (Å²) in [4.78, 5) is 21.0. The number of carbonyl (C=O) groups is 1. The van der Waals surface area contributed by atoms with Crippen molar-refractivity contribution in [3.8, 4) is 0 Å². The largest absolute Gasteiger partial charge is 0.462 e. The maximum absolute atomic E-state index is 12.3. The summed E-state index contributed by atoms with van der Waals surface area (Å²) in [5, 5.41) is 3.01. The molecule has 0 fully saturated rings. The predicted molar refractivity (Wildman–Crippen MR) is 102 cm³/mol. The standard InChI is InChI=1S/C20H25N3O2/c1-5-25-20(24)18-15(3)14(2)17(23-19(18)22-13-21-4)12-11-16-9-7-6-8-10-16/h6-10,13H,5,11-12H2,1-4H3,(H,21,22,23). The van der Waals surface area contributed by atoms with Crippen molar-refractivity contribution in [1.82, 2.24) is 4.98 Å². The van der Waals surface area contributed by atoms with Crippen LogP contribution < -0.4 is 5.32 Å². The lowest BCUT2D eigenvalue weighted by atomic mass is 9.98.